The van der Waals surface area contributed by atoms with E-state index in [2.05, 4.69) is 143 Å². The number of fused-ring (bicyclic) bond motifs is 1. The number of nitrogens with zero attached hydrogens (tertiary/aromatic N) is 3. The highest BCUT2D eigenvalue weighted by Crippen LogP contribution is 2.53. The Labute approximate surface area is 484 Å². The Morgan fingerprint density at radius 2 is 1.39 bits per heavy atom. The highest BCUT2D eigenvalue weighted by molar-refractivity contribution is 7.38. The maximum Gasteiger partial charge on any atom is 0.239 e. The summed E-state index contributed by atoms with van der Waals surface area (Å²) in [7, 11) is 7.91. The van der Waals surface area contributed by atoms with Gasteiger partial charge in [-0.25, -0.2) is 0 Å². The van der Waals surface area contributed by atoms with E-state index >= 15 is 0 Å². The maximum atomic E-state index is 13.6. The second-order valence-corrected chi connectivity index (χ2v) is 22.2. The van der Waals surface area contributed by atoms with Crippen LogP contribution in [0.3, 0.4) is 0 Å². The van der Waals surface area contributed by atoms with Crippen molar-refractivity contribution in [2.45, 2.75) is 170 Å². The van der Waals surface area contributed by atoms with E-state index in [9.17, 15) is 14.4 Å². The molecule has 1 aliphatic heterocycles. The number of piperidine rings is 1. The molecule has 15 nitrogen and oxygen atoms in total. The Bertz CT molecular complexity index is 1890. The molecule has 0 spiro atoms. The van der Waals surface area contributed by atoms with Crippen molar-refractivity contribution >= 4 is 39.3 Å². The number of hydrogen-bond donors (Lipinski definition) is 8. The highest BCUT2D eigenvalue weighted by Gasteiger charge is 2.54. The number of likely N-dealkylation sites (N-methyl/N-ethyl adjacent to an activating group) is 2. The maximum absolute atomic E-state index is 13.6. The lowest BCUT2D eigenvalue weighted by molar-refractivity contribution is -0.136. The standard InChI is InChI=1S/C38H66N5O2P.C7H8.C6H13NO.C4H8N2.C3H8N2.C3H8.CH5N.CH2O/c1-11-25(6)36(42(10)38(45)35(39)24(4)5)29(13-3)19-26(7)43-32(20-31-21-33(31)43)28(12-2)22-34(44)41-27(8)37(46-23-40-9)30-17-15-14-16-18-30;1-7-5-3-2-4-6-7;1-5(2)6(8)4-7-3;1-2-3-6-4-5;1-3(5)2-4;1-3-2;2*1-2/h14-18,24-25,27-29,31-33,35-37,40,46H,7,11-13,19-23,39H2,1-6,8-10H3,(H,41,44);2-6H,1H3;5,7H,4H2,1-3H3;2,4H,1,3H2,(H2,5,6);1-2,4-5H2;3H2,1-2H3;2H2,1H3;1H2/t25?,27-,28?,29?,31?,32?,33?,35+,36?,37?;;;;;;;/m1......./s1. The van der Waals surface area contributed by atoms with Crippen LogP contribution in [0.1, 0.15) is 144 Å². The number of Topliss-reactive ketones (excluding diaryl/α,β-unsaturated/α-hetero) is 1. The minimum Gasteiger partial charge on any atom is -0.401 e. The predicted molar refractivity (Wildman–Crippen MR) is 344 cm³/mol. The summed E-state index contributed by atoms with van der Waals surface area (Å²) in [5.74, 6) is 2.39. The van der Waals surface area contributed by atoms with Crippen LogP contribution in [0.4, 0.5) is 0 Å². The van der Waals surface area contributed by atoms with Gasteiger partial charge in [-0.2, -0.15) is 0 Å². The molecule has 454 valence electrons. The van der Waals surface area contributed by atoms with Crippen molar-refractivity contribution in [1.82, 2.24) is 25.8 Å². The Morgan fingerprint density at radius 3 is 1.76 bits per heavy atom. The lowest BCUT2D eigenvalue weighted by Crippen LogP contribution is -2.53. The molecule has 1 aliphatic carbocycles. The molecule has 0 radical (unpaired) electrons. The van der Waals surface area contributed by atoms with Gasteiger partial charge in [-0.3, -0.25) is 19.4 Å². The van der Waals surface area contributed by atoms with Gasteiger partial charge in [0.1, 0.15) is 12.6 Å². The van der Waals surface area contributed by atoms with E-state index in [4.69, 9.17) is 34.3 Å². The van der Waals surface area contributed by atoms with Gasteiger partial charge in [0.05, 0.1) is 25.5 Å². The first kappa shape index (κ1) is 80.7. The summed E-state index contributed by atoms with van der Waals surface area (Å²) in [5.41, 5.74) is 30.3. The predicted octanol–water partition coefficient (Wildman–Crippen LogP) is 9.56. The summed E-state index contributed by atoms with van der Waals surface area (Å²) in [6, 6.07) is 21.4. The normalized spacial score (nSPS) is 17.2. The van der Waals surface area contributed by atoms with Crippen molar-refractivity contribution in [3.05, 3.63) is 109 Å². The van der Waals surface area contributed by atoms with Gasteiger partial charge in [-0.15, -0.1) is 6.58 Å². The molecule has 1 heterocycles. The van der Waals surface area contributed by atoms with E-state index < -0.39 is 6.04 Å². The molecular weight excluding hydrogens is 1010 g/mol. The van der Waals surface area contributed by atoms with Crippen LogP contribution < -0.4 is 44.6 Å². The molecule has 0 aromatic heterocycles. The number of amides is 2. The zero-order chi connectivity index (χ0) is 61.6. The molecule has 2 fully saturated rings. The van der Waals surface area contributed by atoms with Crippen LogP contribution >= 0.6 is 8.58 Å². The van der Waals surface area contributed by atoms with Crippen LogP contribution in [0.25, 0.3) is 0 Å². The summed E-state index contributed by atoms with van der Waals surface area (Å²) >= 11 is 0. The van der Waals surface area contributed by atoms with Gasteiger partial charge in [0.25, 0.3) is 0 Å². The van der Waals surface area contributed by atoms with Gasteiger partial charge in [-0.1, -0.05) is 189 Å². The third kappa shape index (κ3) is 34.9. The van der Waals surface area contributed by atoms with Gasteiger partial charge in [0.15, 0.2) is 0 Å². The number of nitrogens with two attached hydrogens (primary N) is 5. The Kier molecular flexibility index (Phi) is 51.3. The number of benzene rings is 2. The zero-order valence-corrected chi connectivity index (χ0v) is 53.5. The fourth-order valence-corrected chi connectivity index (χ4v) is 10.3. The van der Waals surface area contributed by atoms with Crippen molar-refractivity contribution in [1.29, 1.82) is 0 Å². The second kappa shape index (κ2) is 50.2. The Morgan fingerprint density at radius 1 is 0.861 bits per heavy atom. The Balaban J connectivity index is -0.000000684. The number of hydrogen-bond acceptors (Lipinski definition) is 12. The first-order valence-electron chi connectivity index (χ1n) is 28.8. The molecular formula is C63H118N11O4P. The van der Waals surface area contributed by atoms with Crippen LogP contribution in [0.2, 0.25) is 0 Å². The van der Waals surface area contributed by atoms with Crippen molar-refractivity contribution in [2.75, 3.05) is 54.1 Å². The molecule has 2 aromatic carbocycles. The van der Waals surface area contributed by atoms with Gasteiger partial charge in [0.2, 0.25) is 11.8 Å². The fourth-order valence-electron chi connectivity index (χ4n) is 9.06. The van der Waals surface area contributed by atoms with E-state index in [1.165, 1.54) is 43.1 Å². The number of aryl methyl sites for hydroxylation is 1. The topological polar surface area (TPSA) is 253 Å². The summed E-state index contributed by atoms with van der Waals surface area (Å²) < 4.78 is 0. The van der Waals surface area contributed by atoms with E-state index in [1.54, 1.807) is 13.1 Å². The average molecular weight is 1120 g/mol. The zero-order valence-electron chi connectivity index (χ0n) is 52.5. The first-order chi connectivity index (χ1) is 37.6. The van der Waals surface area contributed by atoms with E-state index in [0.717, 1.165) is 38.4 Å². The smallest absolute Gasteiger partial charge is 0.239 e. The van der Waals surface area contributed by atoms with Crippen molar-refractivity contribution in [3.63, 3.8) is 0 Å². The summed E-state index contributed by atoms with van der Waals surface area (Å²) in [6.45, 7) is 40.3. The summed E-state index contributed by atoms with van der Waals surface area (Å²) in [4.78, 5) is 53.9. The average Bonchev–Trinajstić information content (AvgIpc) is 4.11. The molecule has 9 unspecified atom stereocenters. The minimum absolute atomic E-state index is 0.0398. The molecule has 0 bridgehead atoms. The van der Waals surface area contributed by atoms with E-state index in [0.29, 0.717) is 70.2 Å². The lowest BCUT2D eigenvalue weighted by atomic mass is 9.81. The van der Waals surface area contributed by atoms with Gasteiger partial charge < -0.3 is 59.2 Å². The number of likely N-dealkylation sites (tertiary alicyclic amines) is 1. The first-order valence-corrected chi connectivity index (χ1v) is 30.1. The number of carbonyl (C=O) groups is 4. The second-order valence-electron chi connectivity index (χ2n) is 20.8. The molecule has 2 amide bonds. The minimum atomic E-state index is -0.488. The van der Waals surface area contributed by atoms with E-state index in [1.807, 2.05) is 71.7 Å². The highest BCUT2D eigenvalue weighted by atomic mass is 31.1. The van der Waals surface area contributed by atoms with Gasteiger partial charge in [-0.05, 0) is 89.4 Å². The van der Waals surface area contributed by atoms with Crippen molar-refractivity contribution in [3.8, 4) is 0 Å². The molecule has 11 atom stereocenters. The van der Waals surface area contributed by atoms with Crippen LogP contribution in [0.15, 0.2) is 103 Å². The van der Waals surface area contributed by atoms with Gasteiger partial charge >= 0.3 is 0 Å². The summed E-state index contributed by atoms with van der Waals surface area (Å²) in [5, 5.41) is 9.50. The summed E-state index contributed by atoms with van der Waals surface area (Å²) in [6.07, 6.45) is 11.9. The third-order valence-electron chi connectivity index (χ3n) is 13.6. The molecule has 1 saturated heterocycles. The Hall–Kier alpha value is -4.76. The quantitative estimate of drug-likeness (QED) is 0.0190. The fraction of sp³-hybridized carbons (Fsp3) is 0.635. The number of carbonyl (C=O) groups excluding carboxylic acids is 4. The monoisotopic (exact) mass is 1120 g/mol. The molecule has 4 rings (SSSR count). The van der Waals surface area contributed by atoms with Crippen molar-refractivity contribution < 1.29 is 19.2 Å². The third-order valence-corrected chi connectivity index (χ3v) is 15.5. The number of aliphatic imine (C=N–C) groups is 1. The number of ketones is 1. The molecule has 79 heavy (non-hydrogen) atoms. The molecule has 1 saturated carbocycles. The van der Waals surface area contributed by atoms with Crippen LogP contribution in [-0.2, 0) is 19.2 Å². The molecule has 2 aromatic rings. The van der Waals surface area contributed by atoms with Crippen LogP contribution in [0, 0.1) is 42.4 Å². The number of rotatable bonds is 26. The van der Waals surface area contributed by atoms with Crippen molar-refractivity contribution in [2.24, 2.45) is 69.2 Å². The van der Waals surface area contributed by atoms with E-state index in [-0.39, 0.29) is 53.1 Å². The van der Waals surface area contributed by atoms with Gasteiger partial charge in [0, 0.05) is 73.4 Å². The SMILES string of the molecule is C=C(CC(CC)C(C(C)CC)N(C)C(=O)[C@@H](N)C(C)C)N1C(C(CC)CC(=O)N[C@H](C)C(PCNC)c2ccccc2)CC2CC21.C=C(N)CN.C=CCN=CN.C=O.CCC.CN.CNCC(=O)C(C)C.Cc1ccccc1. The molecule has 2 aliphatic rings. The van der Waals surface area contributed by atoms with Crippen LogP contribution in [-0.4, -0.2) is 125 Å². The number of nitrogens with one attached hydrogen (secondary N) is 3. The largest absolute Gasteiger partial charge is 0.401 e. The molecule has 16 heteroatoms. The van der Waals surface area contributed by atoms with Crippen LogP contribution in [0.5, 0.6) is 0 Å². The lowest BCUT2D eigenvalue weighted by Gasteiger charge is -2.42. The number of allylic oxidation sites excluding steroid dienone is 1. The molecule has 13 N–H and O–H groups in total.